The Kier molecular flexibility index (Phi) is 2.44. The van der Waals surface area contributed by atoms with Gasteiger partial charge in [0, 0.05) is 36.9 Å². The molecule has 2 fully saturated rings. The summed E-state index contributed by atoms with van der Waals surface area (Å²) in [5.41, 5.74) is 0.972. The molecule has 4 rings (SSSR count). The van der Waals surface area contributed by atoms with Crippen LogP contribution in [0.4, 0.5) is 5.82 Å². The van der Waals surface area contributed by atoms with Crippen molar-refractivity contribution in [3.8, 4) is 0 Å². The van der Waals surface area contributed by atoms with E-state index < -0.39 is 0 Å². The Bertz CT molecular complexity index is 602. The molecule has 6 nitrogen and oxygen atoms in total. The fourth-order valence-electron chi connectivity index (χ4n) is 2.92. The summed E-state index contributed by atoms with van der Waals surface area (Å²) in [4.78, 5) is 11.1. The largest absolute Gasteiger partial charge is 0.366 e. The summed E-state index contributed by atoms with van der Waals surface area (Å²) in [7, 11) is 0. The number of hydrogen-bond acceptors (Lipinski definition) is 5. The zero-order valence-electron chi connectivity index (χ0n) is 11.1. The van der Waals surface area contributed by atoms with Gasteiger partial charge in [0.2, 0.25) is 0 Å². The zero-order chi connectivity index (χ0) is 12.8. The van der Waals surface area contributed by atoms with E-state index in [1.54, 1.807) is 10.8 Å². The smallest absolute Gasteiger partial charge is 0.254 e. The summed E-state index contributed by atoms with van der Waals surface area (Å²) >= 11 is 0. The molecule has 100 valence electrons. The van der Waals surface area contributed by atoms with Gasteiger partial charge in [-0.25, -0.2) is 4.98 Å². The van der Waals surface area contributed by atoms with Crippen LogP contribution in [-0.2, 0) is 0 Å². The molecule has 0 amide bonds. The van der Waals surface area contributed by atoms with Crippen molar-refractivity contribution in [2.24, 2.45) is 0 Å². The third kappa shape index (κ3) is 2.06. The van der Waals surface area contributed by atoms with Crippen LogP contribution in [-0.4, -0.2) is 49.7 Å². The number of fused-ring (bicyclic) bond motifs is 1. The first kappa shape index (κ1) is 11.2. The molecule has 0 spiro atoms. The fourth-order valence-corrected chi connectivity index (χ4v) is 2.92. The topological polar surface area (TPSA) is 58.4 Å². The lowest BCUT2D eigenvalue weighted by Crippen LogP contribution is -2.28. The molecule has 2 aromatic rings. The molecule has 19 heavy (non-hydrogen) atoms. The van der Waals surface area contributed by atoms with E-state index in [0.29, 0.717) is 11.8 Å². The third-order valence-electron chi connectivity index (χ3n) is 4.01. The second-order valence-electron chi connectivity index (χ2n) is 5.61. The van der Waals surface area contributed by atoms with E-state index in [0.717, 1.165) is 24.1 Å². The second kappa shape index (κ2) is 4.16. The van der Waals surface area contributed by atoms with Gasteiger partial charge in [0.1, 0.15) is 12.1 Å². The molecule has 1 aliphatic carbocycles. The van der Waals surface area contributed by atoms with Gasteiger partial charge in [-0.15, -0.1) is 0 Å². The van der Waals surface area contributed by atoms with Crippen molar-refractivity contribution >= 4 is 11.6 Å². The van der Waals surface area contributed by atoms with E-state index in [-0.39, 0.29) is 0 Å². The quantitative estimate of drug-likeness (QED) is 0.893. The molecule has 2 aliphatic rings. The number of nitrogens with zero attached hydrogens (tertiary/aromatic N) is 5. The first-order chi connectivity index (χ1) is 9.29. The Hall–Kier alpha value is -1.69. The molecular weight excluding hydrogens is 240 g/mol. The van der Waals surface area contributed by atoms with Crippen LogP contribution in [0.1, 0.15) is 25.0 Å². The highest BCUT2D eigenvalue weighted by atomic mass is 15.4. The Morgan fingerprint density at radius 1 is 1.32 bits per heavy atom. The van der Waals surface area contributed by atoms with Crippen molar-refractivity contribution in [3.05, 3.63) is 18.1 Å². The van der Waals surface area contributed by atoms with Crippen molar-refractivity contribution in [2.75, 3.05) is 18.4 Å². The monoisotopic (exact) mass is 258 g/mol. The van der Waals surface area contributed by atoms with Gasteiger partial charge in [0.25, 0.3) is 5.78 Å². The molecule has 1 saturated carbocycles. The number of nitrogens with one attached hydrogen (secondary N) is 1. The SMILES string of the molecule is Cc1cc(NC2CCN(C3CC3)C2)n2ncnc2n1. The minimum Gasteiger partial charge on any atom is -0.366 e. The molecule has 1 atom stereocenters. The van der Waals surface area contributed by atoms with Crippen molar-refractivity contribution in [2.45, 2.75) is 38.3 Å². The molecule has 1 saturated heterocycles. The summed E-state index contributed by atoms with van der Waals surface area (Å²) in [5, 5.41) is 7.84. The molecule has 1 unspecified atom stereocenters. The Morgan fingerprint density at radius 3 is 3.05 bits per heavy atom. The van der Waals surface area contributed by atoms with Crippen LogP contribution in [0, 0.1) is 6.92 Å². The molecule has 0 bridgehead atoms. The van der Waals surface area contributed by atoms with Crippen molar-refractivity contribution in [3.63, 3.8) is 0 Å². The van der Waals surface area contributed by atoms with E-state index in [1.165, 1.54) is 25.8 Å². The van der Waals surface area contributed by atoms with Crippen molar-refractivity contribution in [1.82, 2.24) is 24.5 Å². The molecular formula is C13H18N6. The van der Waals surface area contributed by atoms with Gasteiger partial charge < -0.3 is 5.32 Å². The summed E-state index contributed by atoms with van der Waals surface area (Å²) in [6.45, 7) is 4.35. The summed E-state index contributed by atoms with van der Waals surface area (Å²) in [6, 6.07) is 3.41. The Balaban J connectivity index is 1.56. The third-order valence-corrected chi connectivity index (χ3v) is 4.01. The number of anilines is 1. The lowest BCUT2D eigenvalue weighted by molar-refractivity contribution is 0.326. The number of rotatable bonds is 3. The first-order valence-electron chi connectivity index (χ1n) is 6.97. The van der Waals surface area contributed by atoms with Crippen LogP contribution >= 0.6 is 0 Å². The van der Waals surface area contributed by atoms with Gasteiger partial charge in [-0.2, -0.15) is 14.6 Å². The normalized spacial score (nSPS) is 24.2. The van der Waals surface area contributed by atoms with E-state index in [9.17, 15) is 0 Å². The molecule has 1 aliphatic heterocycles. The van der Waals surface area contributed by atoms with Crippen LogP contribution in [0.15, 0.2) is 12.4 Å². The summed E-state index contributed by atoms with van der Waals surface area (Å²) in [5.74, 6) is 1.67. The molecule has 0 aromatic carbocycles. The summed E-state index contributed by atoms with van der Waals surface area (Å²) in [6.07, 6.45) is 5.52. The van der Waals surface area contributed by atoms with Gasteiger partial charge in [-0.05, 0) is 26.2 Å². The van der Waals surface area contributed by atoms with Crippen molar-refractivity contribution in [1.29, 1.82) is 0 Å². The van der Waals surface area contributed by atoms with Gasteiger partial charge in [0.15, 0.2) is 0 Å². The fraction of sp³-hybridized carbons (Fsp3) is 0.615. The van der Waals surface area contributed by atoms with Crippen LogP contribution in [0.2, 0.25) is 0 Å². The van der Waals surface area contributed by atoms with Gasteiger partial charge in [0.05, 0.1) is 0 Å². The van der Waals surface area contributed by atoms with Gasteiger partial charge in [-0.1, -0.05) is 0 Å². The number of hydrogen-bond donors (Lipinski definition) is 1. The average Bonchev–Trinajstić information content (AvgIpc) is 2.95. The molecule has 3 heterocycles. The molecule has 1 N–H and O–H groups in total. The molecule has 2 aromatic heterocycles. The van der Waals surface area contributed by atoms with E-state index >= 15 is 0 Å². The highest BCUT2D eigenvalue weighted by Gasteiger charge is 2.34. The average molecular weight is 258 g/mol. The highest BCUT2D eigenvalue weighted by molar-refractivity contribution is 5.45. The van der Waals surface area contributed by atoms with Gasteiger partial charge >= 0.3 is 0 Å². The molecule has 6 heteroatoms. The number of aromatic nitrogens is 4. The minimum atomic E-state index is 0.509. The standard InChI is InChI=1S/C13H18N6/c1-9-6-12(19-13(16-9)14-8-15-19)17-10-4-5-18(7-10)11-2-3-11/h6,8,10-11,17H,2-5,7H2,1H3. The van der Waals surface area contributed by atoms with Gasteiger partial charge in [-0.3, -0.25) is 4.90 Å². The lowest BCUT2D eigenvalue weighted by Gasteiger charge is -2.17. The van der Waals surface area contributed by atoms with E-state index in [2.05, 4.69) is 25.3 Å². The first-order valence-corrected chi connectivity index (χ1v) is 6.97. The predicted octanol–water partition coefficient (Wildman–Crippen LogP) is 1.08. The maximum absolute atomic E-state index is 4.36. The van der Waals surface area contributed by atoms with Crippen LogP contribution in [0.3, 0.4) is 0 Å². The maximum atomic E-state index is 4.36. The molecule has 0 radical (unpaired) electrons. The predicted molar refractivity (Wildman–Crippen MR) is 72.1 cm³/mol. The van der Waals surface area contributed by atoms with Crippen LogP contribution in [0.25, 0.3) is 5.78 Å². The van der Waals surface area contributed by atoms with Crippen molar-refractivity contribution < 1.29 is 0 Å². The highest BCUT2D eigenvalue weighted by Crippen LogP contribution is 2.30. The van der Waals surface area contributed by atoms with E-state index in [1.807, 2.05) is 13.0 Å². The number of aryl methyl sites for hydroxylation is 1. The van der Waals surface area contributed by atoms with Crippen LogP contribution < -0.4 is 5.32 Å². The zero-order valence-corrected chi connectivity index (χ0v) is 11.1. The number of likely N-dealkylation sites (tertiary alicyclic amines) is 1. The summed E-state index contributed by atoms with van der Waals surface area (Å²) < 4.78 is 1.78. The Morgan fingerprint density at radius 2 is 2.21 bits per heavy atom. The lowest BCUT2D eigenvalue weighted by atomic mass is 10.2. The second-order valence-corrected chi connectivity index (χ2v) is 5.61. The maximum Gasteiger partial charge on any atom is 0.254 e. The van der Waals surface area contributed by atoms with E-state index in [4.69, 9.17) is 0 Å². The Labute approximate surface area is 111 Å². The van der Waals surface area contributed by atoms with Crippen LogP contribution in [0.5, 0.6) is 0 Å². The minimum absolute atomic E-state index is 0.509.